The summed E-state index contributed by atoms with van der Waals surface area (Å²) in [5.74, 6) is 1.83. The second-order valence-electron chi connectivity index (χ2n) is 8.69. The van der Waals surface area contributed by atoms with Gasteiger partial charge in [-0.1, -0.05) is 0 Å². The number of hydrogen-bond acceptors (Lipinski definition) is 6. The molecule has 28 heavy (non-hydrogen) atoms. The third-order valence-electron chi connectivity index (χ3n) is 6.65. The molecule has 0 radical (unpaired) electrons. The van der Waals surface area contributed by atoms with Crippen molar-refractivity contribution in [2.75, 3.05) is 6.54 Å². The Morgan fingerprint density at radius 2 is 1.89 bits per heavy atom. The fraction of sp³-hybridized carbons (Fsp3) is 0.600. The number of ether oxygens (including phenoxy) is 1. The zero-order valence-corrected chi connectivity index (χ0v) is 16.3. The van der Waals surface area contributed by atoms with Crippen molar-refractivity contribution in [3.8, 4) is 0 Å². The van der Waals surface area contributed by atoms with E-state index in [4.69, 9.17) is 4.74 Å². The van der Waals surface area contributed by atoms with Crippen LogP contribution in [0.15, 0.2) is 16.2 Å². The van der Waals surface area contributed by atoms with Crippen LogP contribution < -0.4 is 10.9 Å². The van der Waals surface area contributed by atoms with Gasteiger partial charge in [0.05, 0.1) is 5.52 Å². The molecule has 6 rings (SSSR count). The number of carbonyl (C=O) groups excluding carboxylic acids is 2. The van der Waals surface area contributed by atoms with Gasteiger partial charge in [-0.05, 0) is 67.7 Å². The molecule has 2 aromatic rings. The first-order chi connectivity index (χ1) is 13.5. The minimum absolute atomic E-state index is 0.00905. The maximum atomic E-state index is 12.9. The maximum absolute atomic E-state index is 12.9. The number of rotatable bonds is 5. The number of nitrogens with one attached hydrogen (secondary N) is 2. The number of fused-ring (bicyclic) bond motifs is 1. The van der Waals surface area contributed by atoms with Gasteiger partial charge < -0.3 is 15.0 Å². The van der Waals surface area contributed by atoms with Gasteiger partial charge in [-0.2, -0.15) is 0 Å². The van der Waals surface area contributed by atoms with Crippen molar-refractivity contribution in [2.45, 2.75) is 45.1 Å². The van der Waals surface area contributed by atoms with E-state index in [-0.39, 0.29) is 30.0 Å². The Bertz CT molecular complexity index is 959. The molecule has 0 saturated heterocycles. The van der Waals surface area contributed by atoms with Gasteiger partial charge in [-0.3, -0.25) is 14.4 Å². The predicted octanol–water partition coefficient (Wildman–Crippen LogP) is 2.36. The van der Waals surface area contributed by atoms with Crippen molar-refractivity contribution in [3.05, 3.63) is 27.6 Å². The topological polar surface area (TPSA) is 101 Å². The molecule has 4 saturated carbocycles. The van der Waals surface area contributed by atoms with Crippen LogP contribution in [0.4, 0.5) is 0 Å². The lowest BCUT2D eigenvalue weighted by Crippen LogP contribution is -2.54. The number of hydrogen-bond donors (Lipinski definition) is 2. The number of aromatic nitrogens is 2. The summed E-state index contributed by atoms with van der Waals surface area (Å²) in [5.41, 5.74) is 0.0855. The smallest absolute Gasteiger partial charge is 0.325 e. The number of carbonyl (C=O) groups is 2. The molecule has 0 atom stereocenters. The minimum atomic E-state index is -0.522. The number of esters is 1. The molecule has 4 aliphatic carbocycles. The Hall–Kier alpha value is -2.22. The van der Waals surface area contributed by atoms with E-state index in [0.29, 0.717) is 33.8 Å². The standard InChI is InChI=1S/C20H23N3O4S/c24-16(27-10-15-22-14-1-2-28-17(14)18(25)23-15)9-21-19(26)20-6-11-3-12(7-20)5-13(4-11)8-20/h1-2,11-13H,3-10H2,(H,21,26)(H,22,23,25). The molecule has 1 amide bonds. The van der Waals surface area contributed by atoms with E-state index in [0.717, 1.165) is 19.3 Å². The maximum Gasteiger partial charge on any atom is 0.325 e. The van der Waals surface area contributed by atoms with Crippen LogP contribution in [0.1, 0.15) is 44.3 Å². The Labute approximate surface area is 165 Å². The van der Waals surface area contributed by atoms with Gasteiger partial charge in [0.15, 0.2) is 0 Å². The predicted molar refractivity (Wildman–Crippen MR) is 104 cm³/mol. The van der Waals surface area contributed by atoms with Crippen LogP contribution in [0.25, 0.3) is 10.2 Å². The lowest BCUT2D eigenvalue weighted by molar-refractivity contribution is -0.151. The van der Waals surface area contributed by atoms with Crippen molar-refractivity contribution in [2.24, 2.45) is 23.2 Å². The summed E-state index contributed by atoms with van der Waals surface area (Å²) < 4.78 is 5.75. The van der Waals surface area contributed by atoms with E-state index in [1.54, 1.807) is 11.4 Å². The van der Waals surface area contributed by atoms with Crippen LogP contribution in [0.2, 0.25) is 0 Å². The van der Waals surface area contributed by atoms with E-state index < -0.39 is 5.97 Å². The third kappa shape index (κ3) is 3.13. The SMILES string of the molecule is O=C(CNC(=O)C12CC3CC(CC(C3)C1)C2)OCc1nc2ccsc2c(=O)[nH]1. The molecule has 0 aromatic carbocycles. The number of aromatic amines is 1. The second-order valence-corrected chi connectivity index (χ2v) is 9.60. The summed E-state index contributed by atoms with van der Waals surface area (Å²) in [6.45, 7) is -0.265. The number of nitrogens with zero attached hydrogens (tertiary/aromatic N) is 1. The van der Waals surface area contributed by atoms with Gasteiger partial charge in [0.2, 0.25) is 5.91 Å². The van der Waals surface area contributed by atoms with E-state index >= 15 is 0 Å². The molecule has 8 heteroatoms. The number of amides is 1. The number of H-pyrrole nitrogens is 1. The zero-order chi connectivity index (χ0) is 19.3. The van der Waals surface area contributed by atoms with E-state index in [1.165, 1.54) is 30.6 Å². The summed E-state index contributed by atoms with van der Waals surface area (Å²) >= 11 is 1.32. The van der Waals surface area contributed by atoms with Crippen molar-refractivity contribution >= 4 is 33.4 Å². The van der Waals surface area contributed by atoms with Gasteiger partial charge >= 0.3 is 5.97 Å². The van der Waals surface area contributed by atoms with Crippen LogP contribution in [0.3, 0.4) is 0 Å². The Morgan fingerprint density at radius 1 is 1.21 bits per heavy atom. The molecule has 4 aliphatic rings. The molecule has 4 fully saturated rings. The fourth-order valence-electron chi connectivity index (χ4n) is 5.92. The molecule has 148 valence electrons. The fourth-order valence-corrected chi connectivity index (χ4v) is 6.64. The monoisotopic (exact) mass is 401 g/mol. The average Bonchev–Trinajstić information content (AvgIpc) is 3.12. The van der Waals surface area contributed by atoms with Crippen LogP contribution in [-0.4, -0.2) is 28.4 Å². The van der Waals surface area contributed by atoms with Gasteiger partial charge in [-0.15, -0.1) is 11.3 Å². The van der Waals surface area contributed by atoms with Gasteiger partial charge in [0.1, 0.15) is 23.7 Å². The van der Waals surface area contributed by atoms with Crippen molar-refractivity contribution in [1.82, 2.24) is 15.3 Å². The summed E-state index contributed by atoms with van der Waals surface area (Å²) in [6, 6.07) is 1.76. The Kier molecular flexibility index (Phi) is 4.26. The zero-order valence-electron chi connectivity index (χ0n) is 15.5. The van der Waals surface area contributed by atoms with Crippen molar-refractivity contribution in [1.29, 1.82) is 0 Å². The molecule has 7 nitrogen and oxygen atoms in total. The first-order valence-corrected chi connectivity index (χ1v) is 10.8. The molecular formula is C20H23N3O4S. The lowest BCUT2D eigenvalue weighted by Gasteiger charge is -2.55. The van der Waals surface area contributed by atoms with Gasteiger partial charge in [0, 0.05) is 5.41 Å². The molecule has 0 spiro atoms. The van der Waals surface area contributed by atoms with E-state index in [9.17, 15) is 14.4 Å². The highest BCUT2D eigenvalue weighted by atomic mass is 32.1. The number of thiophene rings is 1. The summed E-state index contributed by atoms with van der Waals surface area (Å²) in [6.07, 6.45) is 6.71. The Morgan fingerprint density at radius 3 is 2.57 bits per heavy atom. The van der Waals surface area contributed by atoms with Crippen molar-refractivity contribution < 1.29 is 14.3 Å². The van der Waals surface area contributed by atoms with E-state index in [2.05, 4.69) is 15.3 Å². The third-order valence-corrected chi connectivity index (χ3v) is 7.55. The highest BCUT2D eigenvalue weighted by molar-refractivity contribution is 7.17. The largest absolute Gasteiger partial charge is 0.456 e. The minimum Gasteiger partial charge on any atom is -0.456 e. The van der Waals surface area contributed by atoms with Crippen LogP contribution in [0, 0.1) is 23.2 Å². The highest BCUT2D eigenvalue weighted by Gasteiger charge is 2.54. The molecule has 2 heterocycles. The van der Waals surface area contributed by atoms with Gasteiger partial charge in [0.25, 0.3) is 5.56 Å². The summed E-state index contributed by atoms with van der Waals surface area (Å²) in [4.78, 5) is 43.8. The van der Waals surface area contributed by atoms with Crippen LogP contribution >= 0.6 is 11.3 Å². The average molecular weight is 401 g/mol. The molecule has 2 N–H and O–H groups in total. The molecule has 2 aromatic heterocycles. The lowest BCUT2D eigenvalue weighted by atomic mass is 9.49. The quantitative estimate of drug-likeness (QED) is 0.749. The molecule has 4 bridgehead atoms. The highest BCUT2D eigenvalue weighted by Crippen LogP contribution is 2.60. The van der Waals surface area contributed by atoms with E-state index in [1.807, 2.05) is 0 Å². The molecular weight excluding hydrogens is 378 g/mol. The normalized spacial score (nSPS) is 30.5. The van der Waals surface area contributed by atoms with Crippen LogP contribution in [0.5, 0.6) is 0 Å². The second kappa shape index (κ2) is 6.69. The summed E-state index contributed by atoms with van der Waals surface area (Å²) in [7, 11) is 0. The van der Waals surface area contributed by atoms with Crippen molar-refractivity contribution in [3.63, 3.8) is 0 Å². The van der Waals surface area contributed by atoms with Crippen LogP contribution in [-0.2, 0) is 20.9 Å². The molecule has 0 unspecified atom stereocenters. The van der Waals surface area contributed by atoms with Gasteiger partial charge in [-0.25, -0.2) is 4.98 Å². The first kappa shape index (κ1) is 17.8. The first-order valence-electron chi connectivity index (χ1n) is 9.91. The molecule has 0 aliphatic heterocycles. The Balaban J connectivity index is 1.16. The summed E-state index contributed by atoms with van der Waals surface area (Å²) in [5, 5.41) is 4.60.